The largest absolute Gasteiger partial charge is 0.497 e. The molecule has 0 spiro atoms. The lowest BCUT2D eigenvalue weighted by atomic mass is 10.1. The summed E-state index contributed by atoms with van der Waals surface area (Å²) in [6, 6.07) is 3.92. The summed E-state index contributed by atoms with van der Waals surface area (Å²) in [6.07, 6.45) is 0. The number of nitrogens with one attached hydrogen (secondary N) is 1. The summed E-state index contributed by atoms with van der Waals surface area (Å²) >= 11 is 0. The minimum Gasteiger partial charge on any atom is -0.497 e. The van der Waals surface area contributed by atoms with E-state index in [1.54, 1.807) is 0 Å². The zero-order valence-corrected chi connectivity index (χ0v) is 9.93. The molecule has 0 aromatic heterocycles. The van der Waals surface area contributed by atoms with Crippen molar-refractivity contribution in [2.75, 3.05) is 7.11 Å². The highest BCUT2D eigenvalue weighted by molar-refractivity contribution is 5.95. The summed E-state index contributed by atoms with van der Waals surface area (Å²) in [5.41, 5.74) is -0.0943. The van der Waals surface area contributed by atoms with Gasteiger partial charge < -0.3 is 10.1 Å². The summed E-state index contributed by atoms with van der Waals surface area (Å²) in [7, 11) is 1.43. The van der Waals surface area contributed by atoms with Gasteiger partial charge in [0.15, 0.2) is 0 Å². The van der Waals surface area contributed by atoms with Crippen molar-refractivity contribution in [1.29, 1.82) is 0 Å². The number of amides is 1. The number of carbonyl (C=O) groups excluding carboxylic acids is 1. The molecule has 0 aliphatic carbocycles. The molecule has 0 saturated heterocycles. The number of benzene rings is 1. The third-order valence-electron chi connectivity index (χ3n) is 1.86. The summed E-state index contributed by atoms with van der Waals surface area (Å²) in [6.45, 7) is 5.59. The second-order valence-corrected chi connectivity index (χ2v) is 4.58. The minimum atomic E-state index is -0.488. The highest BCUT2D eigenvalue weighted by Gasteiger charge is 2.16. The average molecular weight is 225 g/mol. The van der Waals surface area contributed by atoms with E-state index >= 15 is 0 Å². The lowest BCUT2D eigenvalue weighted by Crippen LogP contribution is -2.40. The Labute approximate surface area is 94.6 Å². The number of carbonyl (C=O) groups is 1. The van der Waals surface area contributed by atoms with Gasteiger partial charge in [-0.15, -0.1) is 0 Å². The first-order chi connectivity index (χ1) is 7.31. The maximum Gasteiger partial charge on any atom is 0.251 e. The molecular weight excluding hydrogens is 209 g/mol. The molecule has 88 valence electrons. The van der Waals surface area contributed by atoms with Gasteiger partial charge in [0.2, 0.25) is 0 Å². The highest BCUT2D eigenvalue weighted by atomic mass is 19.1. The number of ether oxygens (including phenoxy) is 1. The van der Waals surface area contributed by atoms with E-state index in [2.05, 4.69) is 5.32 Å². The summed E-state index contributed by atoms with van der Waals surface area (Å²) < 4.78 is 18.0. The third-order valence-corrected chi connectivity index (χ3v) is 1.86. The van der Waals surface area contributed by atoms with Gasteiger partial charge in [-0.3, -0.25) is 4.79 Å². The lowest BCUT2D eigenvalue weighted by Gasteiger charge is -2.20. The van der Waals surface area contributed by atoms with Gasteiger partial charge in [-0.1, -0.05) is 0 Å². The zero-order chi connectivity index (χ0) is 12.3. The van der Waals surface area contributed by atoms with Gasteiger partial charge in [0.05, 0.1) is 7.11 Å². The third kappa shape index (κ3) is 3.53. The van der Waals surface area contributed by atoms with Crippen LogP contribution in [0, 0.1) is 5.82 Å². The van der Waals surface area contributed by atoms with Gasteiger partial charge in [0.1, 0.15) is 11.6 Å². The van der Waals surface area contributed by atoms with Crippen LogP contribution in [0.4, 0.5) is 4.39 Å². The Kier molecular flexibility index (Phi) is 3.52. The zero-order valence-electron chi connectivity index (χ0n) is 9.93. The van der Waals surface area contributed by atoms with Gasteiger partial charge in [-0.05, 0) is 32.9 Å². The second-order valence-electron chi connectivity index (χ2n) is 4.58. The molecule has 0 aliphatic rings. The fraction of sp³-hybridized carbons (Fsp3) is 0.417. The van der Waals surface area contributed by atoms with Gasteiger partial charge in [0, 0.05) is 17.2 Å². The van der Waals surface area contributed by atoms with E-state index in [0.29, 0.717) is 5.75 Å². The van der Waals surface area contributed by atoms with E-state index in [1.807, 2.05) is 20.8 Å². The maximum atomic E-state index is 13.1. The molecule has 0 fully saturated rings. The molecular formula is C12H16FNO2. The van der Waals surface area contributed by atoms with Crippen molar-refractivity contribution < 1.29 is 13.9 Å². The van der Waals surface area contributed by atoms with Crippen LogP contribution >= 0.6 is 0 Å². The van der Waals surface area contributed by atoms with Gasteiger partial charge >= 0.3 is 0 Å². The molecule has 0 saturated carbocycles. The molecule has 0 atom stereocenters. The lowest BCUT2D eigenvalue weighted by molar-refractivity contribution is 0.0918. The van der Waals surface area contributed by atoms with Crippen molar-refractivity contribution >= 4 is 5.91 Å². The standard InChI is InChI=1S/C12H16FNO2/c1-12(2,3)14-11(15)8-5-9(13)7-10(6-8)16-4/h5-7H,1-4H3,(H,14,15). The van der Waals surface area contributed by atoms with Gasteiger partial charge in [-0.25, -0.2) is 4.39 Å². The Hall–Kier alpha value is -1.58. The van der Waals surface area contributed by atoms with Crippen molar-refractivity contribution in [2.24, 2.45) is 0 Å². The maximum absolute atomic E-state index is 13.1. The normalized spacial score (nSPS) is 11.1. The summed E-state index contributed by atoms with van der Waals surface area (Å²) in [4.78, 5) is 11.7. The number of methoxy groups -OCH3 is 1. The van der Waals surface area contributed by atoms with E-state index in [0.717, 1.165) is 0 Å². The average Bonchev–Trinajstić information content (AvgIpc) is 2.14. The molecule has 0 unspecified atom stereocenters. The van der Waals surface area contributed by atoms with Crippen LogP contribution < -0.4 is 10.1 Å². The van der Waals surface area contributed by atoms with Crippen LogP contribution in [0.2, 0.25) is 0 Å². The van der Waals surface area contributed by atoms with Crippen molar-refractivity contribution in [3.05, 3.63) is 29.6 Å². The smallest absolute Gasteiger partial charge is 0.251 e. The summed E-state index contributed by atoms with van der Waals surface area (Å²) in [5, 5.41) is 2.75. The molecule has 1 rings (SSSR count). The molecule has 1 N–H and O–H groups in total. The van der Waals surface area contributed by atoms with E-state index in [-0.39, 0.29) is 17.0 Å². The first kappa shape index (κ1) is 12.5. The number of halogens is 1. The quantitative estimate of drug-likeness (QED) is 0.839. The first-order valence-corrected chi connectivity index (χ1v) is 4.99. The van der Waals surface area contributed by atoms with E-state index in [9.17, 15) is 9.18 Å². The van der Waals surface area contributed by atoms with E-state index < -0.39 is 5.82 Å². The Morgan fingerprint density at radius 2 is 1.94 bits per heavy atom. The van der Waals surface area contributed by atoms with Gasteiger partial charge in [0.25, 0.3) is 5.91 Å². The van der Waals surface area contributed by atoms with Crippen LogP contribution in [-0.4, -0.2) is 18.6 Å². The molecule has 4 heteroatoms. The number of rotatable bonds is 2. The predicted octanol–water partition coefficient (Wildman–Crippen LogP) is 2.36. The number of hydrogen-bond acceptors (Lipinski definition) is 2. The van der Waals surface area contributed by atoms with Crippen LogP contribution in [0.25, 0.3) is 0 Å². The van der Waals surface area contributed by atoms with Crippen LogP contribution in [0.3, 0.4) is 0 Å². The Morgan fingerprint density at radius 3 is 2.44 bits per heavy atom. The molecule has 16 heavy (non-hydrogen) atoms. The number of hydrogen-bond donors (Lipinski definition) is 1. The molecule has 0 bridgehead atoms. The summed E-state index contributed by atoms with van der Waals surface area (Å²) in [5.74, 6) is -0.470. The van der Waals surface area contributed by atoms with Crippen LogP contribution in [0.5, 0.6) is 5.75 Å². The fourth-order valence-electron chi connectivity index (χ4n) is 1.22. The molecule has 0 aliphatic heterocycles. The fourth-order valence-corrected chi connectivity index (χ4v) is 1.22. The highest BCUT2D eigenvalue weighted by Crippen LogP contribution is 2.16. The van der Waals surface area contributed by atoms with Crippen LogP contribution in [0.1, 0.15) is 31.1 Å². The topological polar surface area (TPSA) is 38.3 Å². The van der Waals surface area contributed by atoms with E-state index in [4.69, 9.17) is 4.74 Å². The van der Waals surface area contributed by atoms with Crippen molar-refractivity contribution in [3.63, 3.8) is 0 Å². The second kappa shape index (κ2) is 4.51. The van der Waals surface area contributed by atoms with Gasteiger partial charge in [-0.2, -0.15) is 0 Å². The molecule has 3 nitrogen and oxygen atoms in total. The Balaban J connectivity index is 2.95. The Bertz CT molecular complexity index is 396. The Morgan fingerprint density at radius 1 is 1.31 bits per heavy atom. The minimum absolute atomic E-state index is 0.256. The monoisotopic (exact) mass is 225 g/mol. The van der Waals surface area contributed by atoms with Crippen molar-refractivity contribution in [1.82, 2.24) is 5.32 Å². The first-order valence-electron chi connectivity index (χ1n) is 4.99. The van der Waals surface area contributed by atoms with Crippen molar-refractivity contribution in [2.45, 2.75) is 26.3 Å². The van der Waals surface area contributed by atoms with E-state index in [1.165, 1.54) is 25.3 Å². The predicted molar refractivity (Wildman–Crippen MR) is 60.2 cm³/mol. The van der Waals surface area contributed by atoms with Crippen molar-refractivity contribution in [3.8, 4) is 5.75 Å². The molecule has 0 heterocycles. The molecule has 0 radical (unpaired) electrons. The SMILES string of the molecule is COc1cc(F)cc(C(=O)NC(C)(C)C)c1. The molecule has 1 aromatic rings. The molecule has 1 amide bonds. The van der Waals surface area contributed by atoms with Crippen LogP contribution in [0.15, 0.2) is 18.2 Å². The van der Waals surface area contributed by atoms with Crippen LogP contribution in [-0.2, 0) is 0 Å². The molecule has 1 aromatic carbocycles.